The van der Waals surface area contributed by atoms with Crippen LogP contribution in [0.1, 0.15) is 23.6 Å². The van der Waals surface area contributed by atoms with Gasteiger partial charge in [0.15, 0.2) is 0 Å². The van der Waals surface area contributed by atoms with Gasteiger partial charge in [0.25, 0.3) is 0 Å². The molecule has 1 atom stereocenters. The average molecular weight is 391 g/mol. The number of hydrogen-bond acceptors (Lipinski definition) is 3. The SMILES string of the molecule is O=S(=O)(NC1CCSc2c(F)cccc21)c1ccccc1C(F)(F)F. The highest BCUT2D eigenvalue weighted by Gasteiger charge is 2.38. The average Bonchev–Trinajstić information content (AvgIpc) is 2.55. The summed E-state index contributed by atoms with van der Waals surface area (Å²) in [6.45, 7) is 0. The van der Waals surface area contributed by atoms with E-state index < -0.39 is 38.5 Å². The van der Waals surface area contributed by atoms with Gasteiger partial charge in [-0.15, -0.1) is 11.8 Å². The molecule has 1 unspecified atom stereocenters. The van der Waals surface area contributed by atoms with E-state index in [9.17, 15) is 26.0 Å². The molecule has 1 aliphatic rings. The summed E-state index contributed by atoms with van der Waals surface area (Å²) in [6.07, 6.45) is -4.44. The highest BCUT2D eigenvalue weighted by atomic mass is 32.2. The van der Waals surface area contributed by atoms with Gasteiger partial charge < -0.3 is 0 Å². The molecule has 0 aliphatic carbocycles. The summed E-state index contributed by atoms with van der Waals surface area (Å²) in [4.78, 5) is -0.510. The predicted octanol–water partition coefficient (Wildman–Crippen LogP) is 4.36. The molecule has 0 saturated carbocycles. The van der Waals surface area contributed by atoms with Crippen molar-refractivity contribution in [3.63, 3.8) is 0 Å². The molecular formula is C16H13F4NO2S2. The fourth-order valence-electron chi connectivity index (χ4n) is 2.69. The van der Waals surface area contributed by atoms with Gasteiger partial charge >= 0.3 is 6.18 Å². The summed E-state index contributed by atoms with van der Waals surface area (Å²) in [6, 6.07) is 7.50. The first-order valence-electron chi connectivity index (χ1n) is 7.30. The van der Waals surface area contributed by atoms with E-state index in [1.807, 2.05) is 0 Å². The van der Waals surface area contributed by atoms with Crippen LogP contribution in [0.3, 0.4) is 0 Å². The smallest absolute Gasteiger partial charge is 0.207 e. The summed E-state index contributed by atoms with van der Waals surface area (Å²) in [5.41, 5.74) is -0.795. The third kappa shape index (κ3) is 3.68. The molecule has 0 saturated heterocycles. The third-order valence-electron chi connectivity index (χ3n) is 3.81. The van der Waals surface area contributed by atoms with E-state index in [1.54, 1.807) is 6.07 Å². The summed E-state index contributed by atoms with van der Waals surface area (Å²) in [7, 11) is -4.43. The van der Waals surface area contributed by atoms with Crippen molar-refractivity contribution in [3.8, 4) is 0 Å². The van der Waals surface area contributed by atoms with Crippen LogP contribution in [0.25, 0.3) is 0 Å². The topological polar surface area (TPSA) is 46.2 Å². The first-order valence-corrected chi connectivity index (χ1v) is 9.77. The molecule has 134 valence electrons. The largest absolute Gasteiger partial charge is 0.417 e. The minimum Gasteiger partial charge on any atom is -0.207 e. The maximum absolute atomic E-state index is 13.9. The second-order valence-electron chi connectivity index (χ2n) is 5.46. The number of alkyl halides is 3. The molecule has 3 nitrogen and oxygen atoms in total. The van der Waals surface area contributed by atoms with E-state index in [2.05, 4.69) is 4.72 Å². The molecular weight excluding hydrogens is 378 g/mol. The van der Waals surface area contributed by atoms with Crippen LogP contribution in [0.4, 0.5) is 17.6 Å². The number of hydrogen-bond donors (Lipinski definition) is 1. The summed E-state index contributed by atoms with van der Waals surface area (Å²) in [5.74, 6) is -0.00993. The molecule has 1 heterocycles. The molecule has 25 heavy (non-hydrogen) atoms. The van der Waals surface area contributed by atoms with E-state index in [0.717, 1.165) is 18.2 Å². The lowest BCUT2D eigenvalue weighted by Gasteiger charge is -2.26. The van der Waals surface area contributed by atoms with Gasteiger partial charge in [-0.05, 0) is 35.9 Å². The molecule has 0 bridgehead atoms. The lowest BCUT2D eigenvalue weighted by molar-refractivity contribution is -0.139. The predicted molar refractivity (Wildman–Crippen MR) is 86.2 cm³/mol. The van der Waals surface area contributed by atoms with Crippen molar-refractivity contribution in [1.82, 2.24) is 4.72 Å². The van der Waals surface area contributed by atoms with Gasteiger partial charge in [-0.2, -0.15) is 13.2 Å². The van der Waals surface area contributed by atoms with Crippen LogP contribution in [0.2, 0.25) is 0 Å². The number of fused-ring (bicyclic) bond motifs is 1. The number of benzene rings is 2. The van der Waals surface area contributed by atoms with Crippen molar-refractivity contribution in [2.45, 2.75) is 28.4 Å². The minimum absolute atomic E-state index is 0.325. The zero-order chi connectivity index (χ0) is 18.2. The van der Waals surface area contributed by atoms with Gasteiger partial charge in [-0.3, -0.25) is 0 Å². The quantitative estimate of drug-likeness (QED) is 0.791. The Kier molecular flexibility index (Phi) is 4.82. The van der Waals surface area contributed by atoms with Gasteiger partial charge in [0.2, 0.25) is 10.0 Å². The summed E-state index contributed by atoms with van der Waals surface area (Å²) < 4.78 is 80.6. The van der Waals surface area contributed by atoms with Crippen molar-refractivity contribution in [2.75, 3.05) is 5.75 Å². The zero-order valence-electron chi connectivity index (χ0n) is 12.7. The van der Waals surface area contributed by atoms with Gasteiger partial charge in [0.05, 0.1) is 10.5 Å². The van der Waals surface area contributed by atoms with Gasteiger partial charge in [0.1, 0.15) is 5.82 Å². The molecule has 0 amide bonds. The van der Waals surface area contributed by atoms with Crippen LogP contribution in [-0.4, -0.2) is 14.2 Å². The van der Waals surface area contributed by atoms with E-state index in [4.69, 9.17) is 0 Å². The van der Waals surface area contributed by atoms with Crippen LogP contribution in [0, 0.1) is 5.82 Å². The monoisotopic (exact) mass is 391 g/mol. The summed E-state index contributed by atoms with van der Waals surface area (Å²) >= 11 is 1.26. The Hall–Kier alpha value is -1.58. The van der Waals surface area contributed by atoms with Crippen molar-refractivity contribution < 1.29 is 26.0 Å². The van der Waals surface area contributed by atoms with Gasteiger partial charge in [-0.25, -0.2) is 17.5 Å². The van der Waals surface area contributed by atoms with Crippen molar-refractivity contribution in [2.24, 2.45) is 0 Å². The molecule has 9 heteroatoms. The Morgan fingerprint density at radius 2 is 1.80 bits per heavy atom. The Balaban J connectivity index is 1.99. The second kappa shape index (κ2) is 6.62. The Bertz CT molecular complexity index is 897. The first-order chi connectivity index (χ1) is 11.7. The fourth-order valence-corrected chi connectivity index (χ4v) is 5.31. The number of halogens is 4. The highest BCUT2D eigenvalue weighted by Crippen LogP contribution is 2.39. The molecule has 1 aliphatic heterocycles. The number of thioether (sulfide) groups is 1. The van der Waals surface area contributed by atoms with Crippen LogP contribution in [0.15, 0.2) is 52.3 Å². The van der Waals surface area contributed by atoms with Crippen LogP contribution in [0.5, 0.6) is 0 Å². The van der Waals surface area contributed by atoms with E-state index in [1.165, 1.54) is 30.0 Å². The molecule has 0 radical (unpaired) electrons. The van der Waals surface area contributed by atoms with E-state index in [-0.39, 0.29) is 0 Å². The second-order valence-corrected chi connectivity index (χ2v) is 8.25. The maximum atomic E-state index is 13.9. The van der Waals surface area contributed by atoms with Crippen molar-refractivity contribution >= 4 is 21.8 Å². The normalized spacial score (nSPS) is 18.0. The molecule has 2 aromatic rings. The van der Waals surface area contributed by atoms with Crippen LogP contribution < -0.4 is 4.72 Å². The zero-order valence-corrected chi connectivity index (χ0v) is 14.3. The summed E-state index contributed by atoms with van der Waals surface area (Å²) in [5, 5.41) is 0. The lowest BCUT2D eigenvalue weighted by atomic mass is 10.0. The van der Waals surface area contributed by atoms with E-state index in [0.29, 0.717) is 22.6 Å². The highest BCUT2D eigenvalue weighted by molar-refractivity contribution is 7.99. The van der Waals surface area contributed by atoms with Crippen LogP contribution >= 0.6 is 11.8 Å². The molecule has 0 spiro atoms. The maximum Gasteiger partial charge on any atom is 0.417 e. The number of sulfonamides is 1. The fraction of sp³-hybridized carbons (Fsp3) is 0.250. The molecule has 0 fully saturated rings. The van der Waals surface area contributed by atoms with Crippen LogP contribution in [-0.2, 0) is 16.2 Å². The molecule has 3 rings (SSSR count). The third-order valence-corrected chi connectivity index (χ3v) is 6.49. The molecule has 0 aromatic heterocycles. The van der Waals surface area contributed by atoms with E-state index >= 15 is 0 Å². The van der Waals surface area contributed by atoms with Gasteiger partial charge in [-0.1, -0.05) is 24.3 Å². The Labute approximate surface area is 146 Å². The first kappa shape index (κ1) is 18.2. The Morgan fingerprint density at radius 1 is 1.08 bits per heavy atom. The Morgan fingerprint density at radius 3 is 2.52 bits per heavy atom. The number of rotatable bonds is 3. The standard InChI is InChI=1S/C16H13F4NO2S2/c17-12-6-3-4-10-13(8-9-24-15(10)12)21-25(22,23)14-7-2-1-5-11(14)16(18,19)20/h1-7,13,21H,8-9H2. The van der Waals surface area contributed by atoms with Gasteiger partial charge in [0, 0.05) is 10.9 Å². The lowest BCUT2D eigenvalue weighted by Crippen LogP contribution is -2.32. The molecule has 2 aromatic carbocycles. The number of nitrogens with one attached hydrogen (secondary N) is 1. The van der Waals surface area contributed by atoms with Crippen molar-refractivity contribution in [3.05, 3.63) is 59.4 Å². The van der Waals surface area contributed by atoms with Crippen molar-refractivity contribution in [1.29, 1.82) is 0 Å². The molecule has 1 N–H and O–H groups in total. The minimum atomic E-state index is -4.79.